The Labute approximate surface area is 173 Å². The normalized spacial score (nSPS) is 13.2. The van der Waals surface area contributed by atoms with Gasteiger partial charge in [0.25, 0.3) is 5.91 Å². The van der Waals surface area contributed by atoms with Crippen molar-refractivity contribution < 1.29 is 9.53 Å². The monoisotopic (exact) mass is 401 g/mol. The van der Waals surface area contributed by atoms with E-state index in [1.165, 1.54) is 29.5 Å². The number of hydrogen-bond acceptors (Lipinski definition) is 4. The maximum absolute atomic E-state index is 12.9. The Balaban J connectivity index is 1.32. The molecule has 2 heterocycles. The molecule has 0 bridgehead atoms. The number of amides is 1. The Hall–Kier alpha value is -3.61. The zero-order chi connectivity index (χ0) is 20.5. The van der Waals surface area contributed by atoms with E-state index in [2.05, 4.69) is 31.5 Å². The van der Waals surface area contributed by atoms with E-state index < -0.39 is 0 Å². The zero-order valence-electron chi connectivity index (χ0n) is 16.8. The fourth-order valence-corrected chi connectivity index (χ4v) is 4.12. The Morgan fingerprint density at radius 1 is 1.13 bits per heavy atom. The third-order valence-corrected chi connectivity index (χ3v) is 5.67. The summed E-state index contributed by atoms with van der Waals surface area (Å²) in [6.07, 6.45) is 4.53. The largest absolute Gasteiger partial charge is 0.497 e. The van der Waals surface area contributed by atoms with Gasteiger partial charge < -0.3 is 15.0 Å². The Kier molecular flexibility index (Phi) is 4.71. The molecule has 0 saturated heterocycles. The molecule has 3 N–H and O–H groups in total. The number of H-pyrrole nitrogens is 2. The van der Waals surface area contributed by atoms with E-state index in [0.29, 0.717) is 17.2 Å². The van der Waals surface area contributed by atoms with Gasteiger partial charge in [-0.05, 0) is 61.6 Å². The molecule has 0 atom stereocenters. The highest BCUT2D eigenvalue weighted by atomic mass is 16.5. The van der Waals surface area contributed by atoms with Crippen LogP contribution in [0.25, 0.3) is 22.3 Å². The molecule has 30 heavy (non-hydrogen) atoms. The van der Waals surface area contributed by atoms with Gasteiger partial charge in [0.05, 0.1) is 24.7 Å². The number of nitrogens with zero attached hydrogens (tertiary/aromatic N) is 2. The molecule has 1 aliphatic carbocycles. The first-order valence-electron chi connectivity index (χ1n) is 10.2. The molecule has 1 amide bonds. The average molecular weight is 401 g/mol. The highest BCUT2D eigenvalue weighted by Crippen LogP contribution is 2.30. The molecule has 0 unspecified atom stereocenters. The molecule has 5 rings (SSSR count). The molecule has 1 aliphatic rings. The van der Waals surface area contributed by atoms with Crippen molar-refractivity contribution in [3.63, 3.8) is 0 Å². The van der Waals surface area contributed by atoms with Gasteiger partial charge in [0.2, 0.25) is 0 Å². The van der Waals surface area contributed by atoms with Crippen molar-refractivity contribution in [1.82, 2.24) is 25.5 Å². The minimum atomic E-state index is -0.124. The van der Waals surface area contributed by atoms with Gasteiger partial charge in [-0.2, -0.15) is 5.10 Å². The first-order valence-corrected chi connectivity index (χ1v) is 10.2. The van der Waals surface area contributed by atoms with Gasteiger partial charge >= 0.3 is 0 Å². The standard InChI is InChI=1S/C23H23N5O2/c1-30-15-11-9-14(10-12-15)22-26-20(27-28-22)13-24-23(29)18-7-4-6-17-16-5-2-3-8-19(16)25-21(17)18/h4,6-7,9-12,25H,2-3,5,8,13H2,1H3,(H,24,29)(H,26,27,28). The molecular formula is C23H23N5O2. The van der Waals surface area contributed by atoms with E-state index >= 15 is 0 Å². The Bertz CT molecular complexity index is 1210. The summed E-state index contributed by atoms with van der Waals surface area (Å²) in [4.78, 5) is 20.9. The zero-order valence-corrected chi connectivity index (χ0v) is 16.8. The summed E-state index contributed by atoms with van der Waals surface area (Å²) in [6.45, 7) is 0.277. The lowest BCUT2D eigenvalue weighted by atomic mass is 9.95. The molecule has 0 aliphatic heterocycles. The van der Waals surface area contributed by atoms with Crippen LogP contribution in [0.15, 0.2) is 42.5 Å². The lowest BCUT2D eigenvalue weighted by Crippen LogP contribution is -2.23. The molecule has 7 nitrogen and oxygen atoms in total. The SMILES string of the molecule is COc1ccc(-c2n[nH]c(CNC(=O)c3cccc4c5c([nH]c34)CCCC5)n2)cc1. The molecule has 2 aromatic heterocycles. The van der Waals surface area contributed by atoms with E-state index in [-0.39, 0.29) is 12.5 Å². The highest BCUT2D eigenvalue weighted by molar-refractivity contribution is 6.06. The van der Waals surface area contributed by atoms with Crippen molar-refractivity contribution >= 4 is 16.8 Å². The van der Waals surface area contributed by atoms with Gasteiger partial charge in [0, 0.05) is 16.6 Å². The number of hydrogen-bond donors (Lipinski definition) is 3. The van der Waals surface area contributed by atoms with Crippen molar-refractivity contribution in [2.75, 3.05) is 7.11 Å². The molecule has 0 spiro atoms. The predicted molar refractivity (Wildman–Crippen MR) is 114 cm³/mol. The summed E-state index contributed by atoms with van der Waals surface area (Å²) >= 11 is 0. The van der Waals surface area contributed by atoms with Gasteiger partial charge in [-0.15, -0.1) is 0 Å². The van der Waals surface area contributed by atoms with Crippen molar-refractivity contribution in [2.24, 2.45) is 0 Å². The van der Waals surface area contributed by atoms with E-state index in [1.807, 2.05) is 36.4 Å². The van der Waals surface area contributed by atoms with Crippen LogP contribution in [0.1, 0.15) is 40.3 Å². The van der Waals surface area contributed by atoms with Gasteiger partial charge in [0.15, 0.2) is 5.82 Å². The molecule has 4 aromatic rings. The van der Waals surface area contributed by atoms with Gasteiger partial charge in [-0.25, -0.2) is 4.98 Å². The smallest absolute Gasteiger partial charge is 0.253 e. The molecule has 0 fully saturated rings. The van der Waals surface area contributed by atoms with Crippen LogP contribution in [0.2, 0.25) is 0 Å². The number of benzene rings is 2. The fraction of sp³-hybridized carbons (Fsp3) is 0.261. The number of aryl methyl sites for hydroxylation is 2. The first kappa shape index (κ1) is 18.4. The number of carbonyl (C=O) groups excluding carboxylic acids is 1. The van der Waals surface area contributed by atoms with Gasteiger partial charge in [0.1, 0.15) is 11.6 Å². The molecule has 2 aromatic carbocycles. The third-order valence-electron chi connectivity index (χ3n) is 5.67. The van der Waals surface area contributed by atoms with Crippen molar-refractivity contribution in [3.05, 3.63) is 65.1 Å². The number of carbonyl (C=O) groups is 1. The summed E-state index contributed by atoms with van der Waals surface area (Å²) in [5.74, 6) is 1.84. The summed E-state index contributed by atoms with van der Waals surface area (Å²) in [6, 6.07) is 13.5. The van der Waals surface area contributed by atoms with Crippen molar-refractivity contribution in [2.45, 2.75) is 32.2 Å². The second-order valence-corrected chi connectivity index (χ2v) is 7.53. The fourth-order valence-electron chi connectivity index (χ4n) is 4.12. The quantitative estimate of drug-likeness (QED) is 0.474. The maximum atomic E-state index is 12.9. The van der Waals surface area contributed by atoms with Crippen LogP contribution in [0.4, 0.5) is 0 Å². The number of fused-ring (bicyclic) bond motifs is 3. The Morgan fingerprint density at radius 2 is 1.97 bits per heavy atom. The van der Waals surface area contributed by atoms with Crippen molar-refractivity contribution in [3.8, 4) is 17.1 Å². The minimum Gasteiger partial charge on any atom is -0.497 e. The minimum absolute atomic E-state index is 0.124. The second kappa shape index (κ2) is 7.67. The molecule has 0 radical (unpaired) electrons. The number of rotatable bonds is 5. The Morgan fingerprint density at radius 3 is 2.80 bits per heavy atom. The van der Waals surface area contributed by atoms with Crippen LogP contribution in [0, 0.1) is 0 Å². The molecular weight excluding hydrogens is 378 g/mol. The first-order chi connectivity index (χ1) is 14.7. The number of methoxy groups -OCH3 is 1. The summed E-state index contributed by atoms with van der Waals surface area (Å²) in [5.41, 5.74) is 5.11. The molecule has 152 valence electrons. The second-order valence-electron chi connectivity index (χ2n) is 7.53. The number of ether oxygens (including phenoxy) is 1. The maximum Gasteiger partial charge on any atom is 0.253 e. The van der Waals surface area contributed by atoms with E-state index in [1.54, 1.807) is 7.11 Å². The van der Waals surface area contributed by atoms with E-state index in [4.69, 9.17) is 4.74 Å². The third kappa shape index (κ3) is 3.32. The number of aromatic amines is 2. The number of nitrogens with one attached hydrogen (secondary N) is 3. The molecule has 7 heteroatoms. The van der Waals surface area contributed by atoms with Crippen LogP contribution in [0.5, 0.6) is 5.75 Å². The number of para-hydroxylation sites is 1. The van der Waals surface area contributed by atoms with Crippen LogP contribution >= 0.6 is 0 Å². The topological polar surface area (TPSA) is 95.7 Å². The van der Waals surface area contributed by atoms with Crippen LogP contribution < -0.4 is 10.1 Å². The van der Waals surface area contributed by atoms with Crippen LogP contribution in [0.3, 0.4) is 0 Å². The lowest BCUT2D eigenvalue weighted by Gasteiger charge is -2.10. The molecule has 0 saturated carbocycles. The lowest BCUT2D eigenvalue weighted by molar-refractivity contribution is 0.0951. The van der Waals surface area contributed by atoms with E-state index in [9.17, 15) is 4.79 Å². The van der Waals surface area contributed by atoms with E-state index in [0.717, 1.165) is 29.7 Å². The highest BCUT2D eigenvalue weighted by Gasteiger charge is 2.19. The van der Waals surface area contributed by atoms with Crippen LogP contribution in [-0.4, -0.2) is 33.2 Å². The number of aromatic nitrogens is 4. The van der Waals surface area contributed by atoms with Gasteiger partial charge in [-0.3, -0.25) is 9.89 Å². The average Bonchev–Trinajstić information content (AvgIpc) is 3.42. The van der Waals surface area contributed by atoms with Crippen LogP contribution in [-0.2, 0) is 19.4 Å². The predicted octanol–water partition coefficient (Wildman–Crippen LogP) is 3.77. The van der Waals surface area contributed by atoms with Gasteiger partial charge in [-0.1, -0.05) is 12.1 Å². The summed E-state index contributed by atoms with van der Waals surface area (Å²) in [5, 5.41) is 11.3. The summed E-state index contributed by atoms with van der Waals surface area (Å²) in [7, 11) is 1.63. The van der Waals surface area contributed by atoms with Crippen molar-refractivity contribution in [1.29, 1.82) is 0 Å². The summed E-state index contributed by atoms with van der Waals surface area (Å²) < 4.78 is 5.18.